The monoisotopic (exact) mass is 292 g/mol. The predicted octanol–water partition coefficient (Wildman–Crippen LogP) is 2.65. The normalized spacial score (nSPS) is 27.6. The molecular weight excluding hydrogens is 267 g/mol. The van der Waals surface area contributed by atoms with Gasteiger partial charge in [-0.3, -0.25) is 4.90 Å². The molecule has 0 amide bonds. The summed E-state index contributed by atoms with van der Waals surface area (Å²) >= 11 is 0. The molecule has 0 bridgehead atoms. The summed E-state index contributed by atoms with van der Waals surface area (Å²) in [6.45, 7) is 7.90. The van der Waals surface area contributed by atoms with Crippen molar-refractivity contribution in [3.63, 3.8) is 0 Å². The van der Waals surface area contributed by atoms with Crippen molar-refractivity contribution >= 4 is 0 Å². The third-order valence-corrected chi connectivity index (χ3v) is 4.79. The standard InChI is InChI=1S/C17H25FN2O/c1-3-19-17(15-9-13(18)7-6-12(15)2)16-10-20-8-4-5-14(20)11-21-16/h6-7,9,14,16-17,19H,3-5,8,10-11H2,1-2H3. The van der Waals surface area contributed by atoms with Gasteiger partial charge in [0.15, 0.2) is 0 Å². The zero-order chi connectivity index (χ0) is 14.8. The molecule has 3 unspecified atom stereocenters. The van der Waals surface area contributed by atoms with Crippen LogP contribution in [0.2, 0.25) is 0 Å². The van der Waals surface area contributed by atoms with Crippen LogP contribution in [-0.2, 0) is 4.74 Å². The van der Waals surface area contributed by atoms with E-state index in [4.69, 9.17) is 4.74 Å². The number of hydrogen-bond donors (Lipinski definition) is 1. The maximum absolute atomic E-state index is 13.7. The first-order chi connectivity index (χ1) is 10.2. The highest BCUT2D eigenvalue weighted by atomic mass is 19.1. The zero-order valence-corrected chi connectivity index (χ0v) is 12.9. The minimum atomic E-state index is -0.173. The lowest BCUT2D eigenvalue weighted by Crippen LogP contribution is -2.50. The van der Waals surface area contributed by atoms with Crippen molar-refractivity contribution in [2.45, 2.75) is 44.9 Å². The maximum Gasteiger partial charge on any atom is 0.123 e. The summed E-state index contributed by atoms with van der Waals surface area (Å²) in [5.74, 6) is -0.173. The summed E-state index contributed by atoms with van der Waals surface area (Å²) in [5.41, 5.74) is 2.15. The highest BCUT2D eigenvalue weighted by Crippen LogP contribution is 2.30. The van der Waals surface area contributed by atoms with Crippen LogP contribution in [0.25, 0.3) is 0 Å². The maximum atomic E-state index is 13.7. The molecule has 1 aromatic carbocycles. The number of benzene rings is 1. The van der Waals surface area contributed by atoms with Gasteiger partial charge in [-0.1, -0.05) is 13.0 Å². The molecule has 0 spiro atoms. The van der Waals surface area contributed by atoms with Crippen LogP contribution in [0.4, 0.5) is 4.39 Å². The topological polar surface area (TPSA) is 24.5 Å². The fourth-order valence-electron chi connectivity index (χ4n) is 3.65. The number of likely N-dealkylation sites (N-methyl/N-ethyl adjacent to an activating group) is 1. The number of ether oxygens (including phenoxy) is 1. The number of morpholine rings is 1. The van der Waals surface area contributed by atoms with Gasteiger partial charge >= 0.3 is 0 Å². The molecule has 3 nitrogen and oxygen atoms in total. The number of rotatable bonds is 4. The molecular formula is C17H25FN2O. The Balaban J connectivity index is 1.82. The van der Waals surface area contributed by atoms with Gasteiger partial charge < -0.3 is 10.1 Å². The quantitative estimate of drug-likeness (QED) is 0.923. The molecule has 0 saturated carbocycles. The smallest absolute Gasteiger partial charge is 0.123 e. The Morgan fingerprint density at radius 3 is 3.14 bits per heavy atom. The average Bonchev–Trinajstić information content (AvgIpc) is 2.95. The van der Waals surface area contributed by atoms with E-state index in [9.17, 15) is 4.39 Å². The Morgan fingerprint density at radius 2 is 2.33 bits per heavy atom. The molecule has 0 radical (unpaired) electrons. The highest BCUT2D eigenvalue weighted by Gasteiger charge is 2.36. The highest BCUT2D eigenvalue weighted by molar-refractivity contribution is 5.30. The minimum Gasteiger partial charge on any atom is -0.373 e. The molecule has 2 saturated heterocycles. The van der Waals surface area contributed by atoms with E-state index in [2.05, 4.69) is 17.1 Å². The van der Waals surface area contributed by atoms with Crippen LogP contribution in [-0.4, -0.2) is 43.3 Å². The van der Waals surface area contributed by atoms with Crippen molar-refractivity contribution in [2.75, 3.05) is 26.2 Å². The summed E-state index contributed by atoms with van der Waals surface area (Å²) in [6, 6.07) is 5.70. The van der Waals surface area contributed by atoms with Gasteiger partial charge in [-0.25, -0.2) is 4.39 Å². The van der Waals surface area contributed by atoms with E-state index in [-0.39, 0.29) is 18.0 Å². The molecule has 4 heteroatoms. The first-order valence-corrected chi connectivity index (χ1v) is 8.04. The van der Waals surface area contributed by atoms with Crippen LogP contribution in [0.5, 0.6) is 0 Å². The molecule has 116 valence electrons. The molecule has 2 aliphatic heterocycles. The number of fused-ring (bicyclic) bond motifs is 1. The molecule has 1 N–H and O–H groups in total. The SMILES string of the molecule is CCNC(c1cc(F)ccc1C)C1CN2CCCC2CO1. The second kappa shape index (κ2) is 6.42. The van der Waals surface area contributed by atoms with E-state index in [1.807, 2.05) is 13.0 Å². The van der Waals surface area contributed by atoms with Crippen molar-refractivity contribution < 1.29 is 9.13 Å². The Kier molecular flexibility index (Phi) is 4.57. The van der Waals surface area contributed by atoms with Crippen LogP contribution in [0.15, 0.2) is 18.2 Å². The van der Waals surface area contributed by atoms with E-state index in [0.29, 0.717) is 6.04 Å². The zero-order valence-electron chi connectivity index (χ0n) is 12.9. The van der Waals surface area contributed by atoms with E-state index in [1.54, 1.807) is 6.07 Å². The average molecular weight is 292 g/mol. The van der Waals surface area contributed by atoms with Gasteiger partial charge in [0, 0.05) is 12.6 Å². The summed E-state index contributed by atoms with van der Waals surface area (Å²) in [6.07, 6.45) is 2.61. The van der Waals surface area contributed by atoms with Gasteiger partial charge in [0.25, 0.3) is 0 Å². The van der Waals surface area contributed by atoms with Crippen LogP contribution < -0.4 is 5.32 Å². The van der Waals surface area contributed by atoms with Crippen LogP contribution in [0, 0.1) is 12.7 Å². The summed E-state index contributed by atoms with van der Waals surface area (Å²) < 4.78 is 19.8. The Labute approximate surface area is 126 Å². The lowest BCUT2D eigenvalue weighted by molar-refractivity contribution is -0.0651. The van der Waals surface area contributed by atoms with Crippen molar-refractivity contribution in [3.05, 3.63) is 35.1 Å². The minimum absolute atomic E-state index is 0.0623. The van der Waals surface area contributed by atoms with Gasteiger partial charge in [0.1, 0.15) is 5.82 Å². The molecule has 0 aromatic heterocycles. The van der Waals surface area contributed by atoms with Crippen molar-refractivity contribution in [3.8, 4) is 0 Å². The Morgan fingerprint density at radius 1 is 1.48 bits per heavy atom. The first kappa shape index (κ1) is 14.9. The molecule has 3 atom stereocenters. The van der Waals surface area contributed by atoms with Crippen LogP contribution >= 0.6 is 0 Å². The molecule has 2 fully saturated rings. The van der Waals surface area contributed by atoms with E-state index in [1.165, 1.54) is 25.5 Å². The summed E-state index contributed by atoms with van der Waals surface area (Å²) in [7, 11) is 0. The van der Waals surface area contributed by atoms with Gasteiger partial charge in [0.2, 0.25) is 0 Å². The van der Waals surface area contributed by atoms with Gasteiger partial charge in [0.05, 0.1) is 18.8 Å². The molecule has 2 aliphatic rings. The van der Waals surface area contributed by atoms with E-state index < -0.39 is 0 Å². The lowest BCUT2D eigenvalue weighted by atomic mass is 9.95. The molecule has 21 heavy (non-hydrogen) atoms. The van der Waals surface area contributed by atoms with Crippen LogP contribution in [0.3, 0.4) is 0 Å². The predicted molar refractivity (Wildman–Crippen MR) is 81.9 cm³/mol. The second-order valence-corrected chi connectivity index (χ2v) is 6.20. The molecule has 1 aromatic rings. The van der Waals surface area contributed by atoms with Gasteiger partial charge in [-0.15, -0.1) is 0 Å². The molecule has 0 aliphatic carbocycles. The van der Waals surface area contributed by atoms with Gasteiger partial charge in [-0.2, -0.15) is 0 Å². The number of nitrogens with zero attached hydrogens (tertiary/aromatic N) is 1. The van der Waals surface area contributed by atoms with Crippen molar-refractivity contribution in [2.24, 2.45) is 0 Å². The fraction of sp³-hybridized carbons (Fsp3) is 0.647. The summed E-state index contributed by atoms with van der Waals surface area (Å²) in [4.78, 5) is 2.53. The van der Waals surface area contributed by atoms with Crippen molar-refractivity contribution in [1.29, 1.82) is 0 Å². The fourth-order valence-corrected chi connectivity index (χ4v) is 3.65. The van der Waals surface area contributed by atoms with Crippen LogP contribution in [0.1, 0.15) is 36.9 Å². The van der Waals surface area contributed by atoms with Gasteiger partial charge in [-0.05, 0) is 56.1 Å². The second-order valence-electron chi connectivity index (χ2n) is 6.20. The molecule has 3 rings (SSSR count). The third-order valence-electron chi connectivity index (χ3n) is 4.79. The third kappa shape index (κ3) is 3.12. The number of nitrogens with one attached hydrogen (secondary N) is 1. The first-order valence-electron chi connectivity index (χ1n) is 8.04. The lowest BCUT2D eigenvalue weighted by Gasteiger charge is -2.39. The summed E-state index contributed by atoms with van der Waals surface area (Å²) in [5, 5.41) is 3.50. The number of hydrogen-bond acceptors (Lipinski definition) is 3. The van der Waals surface area contributed by atoms with E-state index in [0.717, 1.165) is 30.8 Å². The number of aryl methyl sites for hydroxylation is 1. The van der Waals surface area contributed by atoms with Crippen molar-refractivity contribution in [1.82, 2.24) is 10.2 Å². The van der Waals surface area contributed by atoms with E-state index >= 15 is 0 Å². The Bertz CT molecular complexity index is 494. The Hall–Kier alpha value is -0.970. The number of halogens is 1. The largest absolute Gasteiger partial charge is 0.373 e. The molecule has 2 heterocycles.